The van der Waals surface area contributed by atoms with Gasteiger partial charge < -0.3 is 4.42 Å². The summed E-state index contributed by atoms with van der Waals surface area (Å²) in [6, 6.07) is 12.9. The summed E-state index contributed by atoms with van der Waals surface area (Å²) >= 11 is 0. The van der Waals surface area contributed by atoms with Gasteiger partial charge in [0.25, 0.3) is 0 Å². The molecular weight excluding hydrogens is 212 g/mol. The Bertz CT molecular complexity index is 667. The second kappa shape index (κ2) is 3.49. The number of fused-ring (bicyclic) bond motifs is 3. The molecule has 0 amide bonds. The van der Waals surface area contributed by atoms with E-state index in [1.807, 2.05) is 0 Å². The number of para-hydroxylation sites is 1. The Balaban J connectivity index is 2.50. The molecule has 0 fully saturated rings. The number of hydrogen-bond donors (Lipinski definition) is 0. The molecule has 0 unspecified atom stereocenters. The standard InChI is InChI=1S/C14H14OSi/c1-9-6-7-12-11(8-9)10-4-3-5-13(16-2)14(10)15-12/h3-8H,16H2,1-2H3. The summed E-state index contributed by atoms with van der Waals surface area (Å²) in [5.41, 5.74) is 3.40. The average molecular weight is 226 g/mol. The summed E-state index contributed by atoms with van der Waals surface area (Å²) in [7, 11) is -0.180. The molecule has 0 saturated heterocycles. The van der Waals surface area contributed by atoms with Gasteiger partial charge >= 0.3 is 0 Å². The van der Waals surface area contributed by atoms with Gasteiger partial charge in [-0.1, -0.05) is 36.4 Å². The van der Waals surface area contributed by atoms with Crippen LogP contribution in [-0.2, 0) is 0 Å². The van der Waals surface area contributed by atoms with E-state index in [4.69, 9.17) is 4.42 Å². The number of rotatable bonds is 1. The summed E-state index contributed by atoms with van der Waals surface area (Å²) in [6.07, 6.45) is 0. The molecule has 16 heavy (non-hydrogen) atoms. The van der Waals surface area contributed by atoms with Crippen molar-refractivity contribution in [3.63, 3.8) is 0 Å². The van der Waals surface area contributed by atoms with Crippen molar-refractivity contribution in [2.24, 2.45) is 0 Å². The molecule has 1 nitrogen and oxygen atoms in total. The number of aryl methyl sites for hydroxylation is 1. The lowest BCUT2D eigenvalue weighted by Gasteiger charge is -1.95. The maximum atomic E-state index is 5.96. The topological polar surface area (TPSA) is 13.1 Å². The smallest absolute Gasteiger partial charge is 0.135 e. The number of furan rings is 1. The predicted molar refractivity (Wildman–Crippen MR) is 72.5 cm³/mol. The van der Waals surface area contributed by atoms with E-state index in [-0.39, 0.29) is 9.52 Å². The third-order valence-electron chi connectivity index (χ3n) is 3.11. The second-order valence-corrected chi connectivity index (χ2v) is 5.72. The van der Waals surface area contributed by atoms with Gasteiger partial charge in [-0.15, -0.1) is 0 Å². The first-order valence-corrected chi connectivity index (χ1v) is 7.82. The van der Waals surface area contributed by atoms with Crippen LogP contribution in [0.4, 0.5) is 0 Å². The molecule has 2 heteroatoms. The highest BCUT2D eigenvalue weighted by Gasteiger charge is 2.09. The van der Waals surface area contributed by atoms with Crippen molar-refractivity contribution in [2.75, 3.05) is 0 Å². The fourth-order valence-electron chi connectivity index (χ4n) is 2.25. The van der Waals surface area contributed by atoms with Gasteiger partial charge in [-0.2, -0.15) is 0 Å². The molecule has 1 heterocycles. The van der Waals surface area contributed by atoms with E-state index in [2.05, 4.69) is 49.9 Å². The van der Waals surface area contributed by atoms with E-state index >= 15 is 0 Å². The lowest BCUT2D eigenvalue weighted by atomic mass is 10.1. The van der Waals surface area contributed by atoms with E-state index in [9.17, 15) is 0 Å². The first-order valence-electron chi connectivity index (χ1n) is 5.70. The van der Waals surface area contributed by atoms with Gasteiger partial charge in [0.15, 0.2) is 0 Å². The Hall–Kier alpha value is -1.54. The quantitative estimate of drug-likeness (QED) is 0.582. The highest BCUT2D eigenvalue weighted by molar-refractivity contribution is 6.55. The first kappa shape index (κ1) is 9.67. The van der Waals surface area contributed by atoms with Crippen LogP contribution in [0.3, 0.4) is 0 Å². The Labute approximate surface area is 96.9 Å². The SMILES string of the molecule is C[SiH2]c1cccc2c1oc1ccc(C)cc12. The Morgan fingerprint density at radius 1 is 1.06 bits per heavy atom. The summed E-state index contributed by atoms with van der Waals surface area (Å²) in [6.45, 7) is 4.42. The summed E-state index contributed by atoms with van der Waals surface area (Å²) < 4.78 is 5.96. The van der Waals surface area contributed by atoms with Crippen molar-refractivity contribution in [3.8, 4) is 0 Å². The molecule has 0 spiro atoms. The molecule has 0 radical (unpaired) electrons. The molecule has 0 aliphatic rings. The third kappa shape index (κ3) is 1.30. The Kier molecular flexibility index (Phi) is 2.11. The van der Waals surface area contributed by atoms with Crippen LogP contribution in [0.15, 0.2) is 40.8 Å². The first-order chi connectivity index (χ1) is 7.79. The zero-order chi connectivity index (χ0) is 11.1. The van der Waals surface area contributed by atoms with Crippen molar-refractivity contribution in [1.29, 1.82) is 0 Å². The van der Waals surface area contributed by atoms with E-state index in [0.29, 0.717) is 0 Å². The number of benzene rings is 2. The largest absolute Gasteiger partial charge is 0.456 e. The minimum Gasteiger partial charge on any atom is -0.456 e. The minimum absolute atomic E-state index is 0.180. The van der Waals surface area contributed by atoms with Crippen LogP contribution in [0, 0.1) is 6.92 Å². The van der Waals surface area contributed by atoms with Crippen LogP contribution >= 0.6 is 0 Å². The van der Waals surface area contributed by atoms with Gasteiger partial charge in [0.2, 0.25) is 0 Å². The molecule has 0 bridgehead atoms. The van der Waals surface area contributed by atoms with E-state index in [1.165, 1.54) is 21.5 Å². The minimum atomic E-state index is -0.180. The zero-order valence-corrected chi connectivity index (χ0v) is 11.0. The van der Waals surface area contributed by atoms with E-state index in [0.717, 1.165) is 11.2 Å². The average Bonchev–Trinajstić information content (AvgIpc) is 2.67. The molecule has 3 aromatic rings. The van der Waals surface area contributed by atoms with Crippen molar-refractivity contribution < 1.29 is 4.42 Å². The summed E-state index contributed by atoms with van der Waals surface area (Å²) in [5, 5.41) is 3.94. The predicted octanol–water partition coefficient (Wildman–Crippen LogP) is 2.74. The van der Waals surface area contributed by atoms with Crippen molar-refractivity contribution in [1.82, 2.24) is 0 Å². The zero-order valence-electron chi connectivity index (χ0n) is 9.58. The lowest BCUT2D eigenvalue weighted by Crippen LogP contribution is -2.09. The number of hydrogen-bond acceptors (Lipinski definition) is 1. The Morgan fingerprint density at radius 3 is 2.75 bits per heavy atom. The maximum Gasteiger partial charge on any atom is 0.135 e. The van der Waals surface area contributed by atoms with Crippen LogP contribution in [0.25, 0.3) is 21.9 Å². The molecule has 3 rings (SSSR count). The fourth-order valence-corrected chi connectivity index (χ4v) is 3.20. The van der Waals surface area contributed by atoms with Gasteiger partial charge in [0.1, 0.15) is 11.2 Å². The van der Waals surface area contributed by atoms with Gasteiger partial charge in [0.05, 0.1) is 9.52 Å². The normalized spacial score (nSPS) is 12.1. The molecule has 0 N–H and O–H groups in total. The van der Waals surface area contributed by atoms with Gasteiger partial charge in [-0.25, -0.2) is 0 Å². The second-order valence-electron chi connectivity index (χ2n) is 4.25. The van der Waals surface area contributed by atoms with Gasteiger partial charge in [-0.05, 0) is 24.2 Å². The Morgan fingerprint density at radius 2 is 1.94 bits per heavy atom. The van der Waals surface area contributed by atoms with Crippen molar-refractivity contribution in [3.05, 3.63) is 42.0 Å². The molecule has 2 aromatic carbocycles. The van der Waals surface area contributed by atoms with Gasteiger partial charge in [0, 0.05) is 10.8 Å². The van der Waals surface area contributed by atoms with Crippen molar-refractivity contribution in [2.45, 2.75) is 13.5 Å². The molecule has 0 saturated carbocycles. The molecule has 80 valence electrons. The molecular formula is C14H14OSi. The molecule has 0 aliphatic heterocycles. The molecule has 0 atom stereocenters. The lowest BCUT2D eigenvalue weighted by molar-refractivity contribution is 0.671. The summed E-state index contributed by atoms with van der Waals surface area (Å²) in [4.78, 5) is 0. The van der Waals surface area contributed by atoms with E-state index in [1.54, 1.807) is 0 Å². The van der Waals surface area contributed by atoms with Crippen LogP contribution in [0.2, 0.25) is 6.55 Å². The fraction of sp³-hybridized carbons (Fsp3) is 0.143. The maximum absolute atomic E-state index is 5.96. The van der Waals surface area contributed by atoms with Crippen LogP contribution in [-0.4, -0.2) is 9.52 Å². The van der Waals surface area contributed by atoms with Crippen LogP contribution in [0.1, 0.15) is 5.56 Å². The molecule has 0 aliphatic carbocycles. The molecule has 1 aromatic heterocycles. The van der Waals surface area contributed by atoms with Crippen LogP contribution in [0.5, 0.6) is 0 Å². The van der Waals surface area contributed by atoms with Crippen LogP contribution < -0.4 is 5.19 Å². The highest BCUT2D eigenvalue weighted by atomic mass is 28.2. The van der Waals surface area contributed by atoms with E-state index < -0.39 is 0 Å². The van der Waals surface area contributed by atoms with Crippen molar-refractivity contribution >= 4 is 36.6 Å². The summed E-state index contributed by atoms with van der Waals surface area (Å²) in [5.74, 6) is 0. The highest BCUT2D eigenvalue weighted by Crippen LogP contribution is 2.27. The van der Waals surface area contributed by atoms with Gasteiger partial charge in [-0.3, -0.25) is 0 Å². The monoisotopic (exact) mass is 226 g/mol. The third-order valence-corrected chi connectivity index (χ3v) is 4.43.